The number of carbonyl (C=O) groups is 2. The van der Waals surface area contributed by atoms with E-state index in [2.05, 4.69) is 6.92 Å². The molecule has 43 heavy (non-hydrogen) atoms. The summed E-state index contributed by atoms with van der Waals surface area (Å²) in [5, 5.41) is 43.5. The first kappa shape index (κ1) is 30.9. The zero-order valence-corrected chi connectivity index (χ0v) is 25.0. The molecule has 0 amide bonds. The van der Waals surface area contributed by atoms with Crippen molar-refractivity contribution < 1.29 is 48.6 Å². The molecule has 13 atom stereocenters. The Hall–Kier alpha value is -2.15. The van der Waals surface area contributed by atoms with Gasteiger partial charge in [0.2, 0.25) is 0 Å². The van der Waals surface area contributed by atoms with Crippen LogP contribution in [-0.4, -0.2) is 80.7 Å². The van der Waals surface area contributed by atoms with Crippen molar-refractivity contribution >= 4 is 12.3 Å². The number of rotatable bonds is 5. The molecule has 5 fully saturated rings. The van der Waals surface area contributed by atoms with Crippen LogP contribution in [0.2, 0.25) is 0 Å². The van der Waals surface area contributed by atoms with Gasteiger partial charge in [0.05, 0.1) is 29.5 Å². The van der Waals surface area contributed by atoms with Gasteiger partial charge in [-0.2, -0.15) is 0 Å². The minimum absolute atomic E-state index is 0.00236. The van der Waals surface area contributed by atoms with E-state index in [4.69, 9.17) is 18.6 Å². The Bertz CT molecular complexity index is 1280. The maximum atomic E-state index is 13.3. The van der Waals surface area contributed by atoms with Gasteiger partial charge < -0.3 is 43.8 Å². The second-order valence-corrected chi connectivity index (χ2v) is 14.0. The summed E-state index contributed by atoms with van der Waals surface area (Å²) in [5.41, 5.74) is -3.28. The normalized spacial score (nSPS) is 49.3. The summed E-state index contributed by atoms with van der Waals surface area (Å²) in [6, 6.07) is 3.20. The van der Waals surface area contributed by atoms with Crippen LogP contribution in [-0.2, 0) is 23.8 Å². The van der Waals surface area contributed by atoms with Crippen molar-refractivity contribution in [1.29, 1.82) is 0 Å². The van der Waals surface area contributed by atoms with Gasteiger partial charge in [-0.05, 0) is 87.7 Å². The minimum atomic E-state index is -1.47. The highest BCUT2D eigenvalue weighted by Gasteiger charge is 2.72. The minimum Gasteiger partial charge on any atom is -0.458 e. The van der Waals surface area contributed by atoms with Crippen molar-refractivity contribution in [1.82, 2.24) is 0 Å². The van der Waals surface area contributed by atoms with Gasteiger partial charge in [-0.1, -0.05) is 6.92 Å². The third-order valence-electron chi connectivity index (χ3n) is 12.3. The van der Waals surface area contributed by atoms with Gasteiger partial charge in [0, 0.05) is 24.8 Å². The molecule has 0 aromatic carbocycles. The summed E-state index contributed by atoms with van der Waals surface area (Å²) in [7, 11) is 0. The fraction of sp³-hybridized carbons (Fsp3) is 0.781. The van der Waals surface area contributed by atoms with Gasteiger partial charge in [-0.25, -0.2) is 4.79 Å². The third kappa shape index (κ3) is 4.48. The molecule has 11 nitrogen and oxygen atoms in total. The van der Waals surface area contributed by atoms with E-state index in [9.17, 15) is 34.8 Å². The van der Waals surface area contributed by atoms with Crippen molar-refractivity contribution in [2.45, 2.75) is 132 Å². The standard InChI is InChI=1S/C32H44O11/c1-17-25(36)26(37)27(38)28(41-17)42-20-6-11-30(16-33)22-7-10-29(3)21(19-4-5-24(35)40-15-19)9-13-32(29,39)23(22)8-12-31(30,14-20)43-18(2)34/h4-5,15-17,20-23,25-28,36-39H,6-14H2,1-3H3/t17-,20?,21-,22+,23?,25-,26+,27+,28+,29-,30+,31+,32+/m1/s1. The fourth-order valence-electron chi connectivity index (χ4n) is 10.1. The predicted molar refractivity (Wildman–Crippen MR) is 150 cm³/mol. The first-order chi connectivity index (χ1) is 20.3. The quantitative estimate of drug-likeness (QED) is 0.220. The molecule has 1 saturated heterocycles. The van der Waals surface area contributed by atoms with Gasteiger partial charge in [0.1, 0.15) is 30.2 Å². The van der Waals surface area contributed by atoms with Crippen LogP contribution in [0, 0.1) is 22.7 Å². The summed E-state index contributed by atoms with van der Waals surface area (Å²) in [6.07, 6.45) is 0.290. The lowest BCUT2D eigenvalue weighted by Gasteiger charge is -2.65. The molecule has 4 saturated carbocycles. The largest absolute Gasteiger partial charge is 0.458 e. The lowest BCUT2D eigenvalue weighted by molar-refractivity contribution is -0.317. The summed E-state index contributed by atoms with van der Waals surface area (Å²) in [5.74, 6) is -0.924. The number of fused-ring (bicyclic) bond motifs is 5. The average Bonchev–Trinajstić information content (AvgIpc) is 3.25. The van der Waals surface area contributed by atoms with Gasteiger partial charge in [-0.3, -0.25) is 4.79 Å². The van der Waals surface area contributed by atoms with E-state index in [1.54, 1.807) is 13.0 Å². The smallest absolute Gasteiger partial charge is 0.335 e. The third-order valence-corrected chi connectivity index (χ3v) is 12.3. The molecule has 2 unspecified atom stereocenters. The second-order valence-electron chi connectivity index (χ2n) is 14.0. The number of aldehydes is 1. The SMILES string of the molecule is CC(=O)O[C@]12CCC3[C@H](CC[C@]4(C)[C@@H](c5ccc(=O)oc5)CC[C@]34O)[C@@]1(C=O)CCC(O[C@@H]1O[C@H](C)[C@@H](O)[C@H](O)[C@@H]1O)C2. The number of hydrogen-bond donors (Lipinski definition) is 4. The van der Waals surface area contributed by atoms with E-state index in [0.717, 1.165) is 18.3 Å². The molecule has 4 N–H and O–H groups in total. The van der Waals surface area contributed by atoms with Crippen LogP contribution in [0.3, 0.4) is 0 Å². The number of ether oxygens (including phenoxy) is 3. The number of carbonyl (C=O) groups excluding carboxylic acids is 2. The molecule has 1 aromatic rings. The lowest BCUT2D eigenvalue weighted by atomic mass is 9.41. The summed E-state index contributed by atoms with van der Waals surface area (Å²) < 4.78 is 23.2. The molecule has 11 heteroatoms. The van der Waals surface area contributed by atoms with Crippen LogP contribution in [0.5, 0.6) is 0 Å². The van der Waals surface area contributed by atoms with E-state index < -0.39 is 70.4 Å². The van der Waals surface area contributed by atoms with Crippen LogP contribution in [0.4, 0.5) is 0 Å². The number of hydrogen-bond acceptors (Lipinski definition) is 11. The van der Waals surface area contributed by atoms with E-state index in [1.807, 2.05) is 0 Å². The Kier molecular flexibility index (Phi) is 7.70. The first-order valence-corrected chi connectivity index (χ1v) is 15.6. The van der Waals surface area contributed by atoms with Crippen molar-refractivity contribution in [2.75, 3.05) is 0 Å². The number of aliphatic hydroxyl groups is 4. The summed E-state index contributed by atoms with van der Waals surface area (Å²) in [4.78, 5) is 37.5. The van der Waals surface area contributed by atoms with Crippen LogP contribution >= 0.6 is 0 Å². The van der Waals surface area contributed by atoms with Crippen molar-refractivity contribution in [3.8, 4) is 0 Å². The molecular weight excluding hydrogens is 560 g/mol. The number of esters is 1. The van der Waals surface area contributed by atoms with Crippen molar-refractivity contribution in [3.63, 3.8) is 0 Å². The van der Waals surface area contributed by atoms with Gasteiger partial charge >= 0.3 is 11.6 Å². The molecule has 2 heterocycles. The Balaban J connectivity index is 1.29. The average molecular weight is 605 g/mol. The molecule has 1 aromatic heterocycles. The van der Waals surface area contributed by atoms with Gasteiger partial charge in [-0.15, -0.1) is 0 Å². The highest BCUT2D eigenvalue weighted by molar-refractivity contribution is 5.70. The zero-order chi connectivity index (χ0) is 30.9. The highest BCUT2D eigenvalue weighted by atomic mass is 16.7. The van der Waals surface area contributed by atoms with Crippen LogP contribution < -0.4 is 5.63 Å². The summed E-state index contributed by atoms with van der Waals surface area (Å²) >= 11 is 0. The van der Waals surface area contributed by atoms with E-state index >= 15 is 0 Å². The topological polar surface area (TPSA) is 173 Å². The predicted octanol–water partition coefficient (Wildman–Crippen LogP) is 1.96. The van der Waals surface area contributed by atoms with Gasteiger partial charge in [0.25, 0.3) is 0 Å². The van der Waals surface area contributed by atoms with Crippen molar-refractivity contribution in [3.05, 3.63) is 34.4 Å². The van der Waals surface area contributed by atoms with E-state index in [1.165, 1.54) is 19.3 Å². The Morgan fingerprint density at radius 1 is 1.00 bits per heavy atom. The molecule has 5 aliphatic rings. The van der Waals surface area contributed by atoms with Crippen molar-refractivity contribution in [2.24, 2.45) is 22.7 Å². The molecule has 0 bridgehead atoms. The Labute approximate surface area is 250 Å². The van der Waals surface area contributed by atoms with E-state index in [-0.39, 0.29) is 24.2 Å². The Morgan fingerprint density at radius 3 is 2.42 bits per heavy atom. The van der Waals surface area contributed by atoms with Crippen LogP contribution in [0.25, 0.3) is 0 Å². The second kappa shape index (κ2) is 10.7. The zero-order valence-electron chi connectivity index (χ0n) is 25.0. The lowest BCUT2D eigenvalue weighted by Crippen LogP contribution is -2.70. The monoisotopic (exact) mass is 604 g/mol. The molecular formula is C32H44O11. The maximum absolute atomic E-state index is 13.3. The summed E-state index contributed by atoms with van der Waals surface area (Å²) in [6.45, 7) is 5.03. The fourth-order valence-corrected chi connectivity index (χ4v) is 10.1. The first-order valence-electron chi connectivity index (χ1n) is 15.6. The number of aliphatic hydroxyl groups excluding tert-OH is 3. The molecule has 0 radical (unpaired) electrons. The highest BCUT2D eigenvalue weighted by Crippen LogP contribution is 2.71. The van der Waals surface area contributed by atoms with Crippen LogP contribution in [0.1, 0.15) is 90.0 Å². The molecule has 6 rings (SSSR count). The molecule has 0 spiro atoms. The van der Waals surface area contributed by atoms with E-state index in [0.29, 0.717) is 44.9 Å². The van der Waals surface area contributed by atoms with Gasteiger partial charge in [0.15, 0.2) is 6.29 Å². The maximum Gasteiger partial charge on any atom is 0.335 e. The molecule has 4 aliphatic carbocycles. The van der Waals surface area contributed by atoms with Crippen LogP contribution in [0.15, 0.2) is 27.6 Å². The molecule has 1 aliphatic heterocycles. The Morgan fingerprint density at radius 2 is 1.74 bits per heavy atom. The molecule has 238 valence electrons.